The van der Waals surface area contributed by atoms with Crippen LogP contribution in [0.5, 0.6) is 0 Å². The molecule has 1 amide bonds. The van der Waals surface area contributed by atoms with Gasteiger partial charge in [0.05, 0.1) is 40.4 Å². The second-order valence-electron chi connectivity index (χ2n) is 9.18. The molecule has 1 aliphatic rings. The Morgan fingerprint density at radius 2 is 1.82 bits per heavy atom. The fraction of sp³-hybridized carbons (Fsp3) is 0.192. The zero-order chi connectivity index (χ0) is 27.5. The van der Waals surface area contributed by atoms with E-state index in [1.54, 1.807) is 34.1 Å². The number of carbonyl (C=O) groups excluding carboxylic acids is 1. The van der Waals surface area contributed by atoms with Crippen LogP contribution in [0.1, 0.15) is 40.1 Å². The van der Waals surface area contributed by atoms with Crippen LogP contribution in [0, 0.1) is 5.82 Å². The third kappa shape index (κ3) is 4.15. The van der Waals surface area contributed by atoms with Crippen LogP contribution in [0.25, 0.3) is 16.8 Å². The molecule has 5 heterocycles. The number of benzene rings is 1. The van der Waals surface area contributed by atoms with Gasteiger partial charge in [-0.25, -0.2) is 13.9 Å². The van der Waals surface area contributed by atoms with E-state index in [4.69, 9.17) is 5.73 Å². The van der Waals surface area contributed by atoms with Gasteiger partial charge in [-0.15, -0.1) is 0 Å². The highest BCUT2D eigenvalue weighted by atomic mass is 19.4. The summed E-state index contributed by atoms with van der Waals surface area (Å²) in [6.45, 7) is 2.26. The highest BCUT2D eigenvalue weighted by molar-refractivity contribution is 6.08. The first-order chi connectivity index (χ1) is 18.6. The molecule has 6 rings (SSSR count). The summed E-state index contributed by atoms with van der Waals surface area (Å²) in [7, 11) is 0. The highest BCUT2D eigenvalue weighted by Crippen LogP contribution is 2.39. The van der Waals surface area contributed by atoms with Crippen molar-refractivity contribution in [2.75, 3.05) is 17.2 Å². The fourth-order valence-corrected chi connectivity index (χ4v) is 4.79. The monoisotopic (exact) mass is 536 g/mol. The van der Waals surface area contributed by atoms with Gasteiger partial charge in [-0.3, -0.25) is 14.5 Å². The van der Waals surface area contributed by atoms with Crippen LogP contribution in [-0.4, -0.2) is 41.8 Å². The molecule has 198 valence electrons. The minimum absolute atomic E-state index is 0.0765. The Balaban J connectivity index is 1.35. The lowest BCUT2D eigenvalue weighted by Crippen LogP contribution is -2.38. The van der Waals surface area contributed by atoms with E-state index in [0.29, 0.717) is 24.3 Å². The molecular formula is C26H20F4N8O. The molecule has 1 unspecified atom stereocenters. The Bertz CT molecular complexity index is 1720. The SMILES string of the molecule is CC(c1ccc(F)cc1)n1cc(N2CCc3ncc(-c4cc(C(F)(F)F)c5c(N)ncnn45)cc3C2=O)cn1. The van der Waals surface area contributed by atoms with E-state index in [1.165, 1.54) is 24.4 Å². The van der Waals surface area contributed by atoms with Crippen molar-refractivity contribution >= 4 is 22.9 Å². The van der Waals surface area contributed by atoms with Crippen molar-refractivity contribution < 1.29 is 22.4 Å². The number of nitrogen functional groups attached to an aromatic ring is 1. The molecule has 0 bridgehead atoms. The zero-order valence-corrected chi connectivity index (χ0v) is 20.4. The summed E-state index contributed by atoms with van der Waals surface area (Å²) in [5.41, 5.74) is 6.96. The minimum Gasteiger partial charge on any atom is -0.382 e. The molecule has 0 spiro atoms. The summed E-state index contributed by atoms with van der Waals surface area (Å²) in [5, 5.41) is 8.36. The molecule has 39 heavy (non-hydrogen) atoms. The van der Waals surface area contributed by atoms with Crippen molar-refractivity contribution in [1.29, 1.82) is 0 Å². The number of fused-ring (bicyclic) bond motifs is 2. The van der Waals surface area contributed by atoms with Crippen molar-refractivity contribution in [2.45, 2.75) is 25.6 Å². The Labute approximate surface area is 218 Å². The quantitative estimate of drug-likeness (QED) is 0.338. The number of nitrogens with zero attached hydrogens (tertiary/aromatic N) is 7. The maximum Gasteiger partial charge on any atom is 0.418 e. The molecule has 4 aromatic heterocycles. The maximum atomic E-state index is 13.8. The predicted octanol–water partition coefficient (Wildman–Crippen LogP) is 4.54. The number of carbonyl (C=O) groups is 1. The number of amides is 1. The van der Waals surface area contributed by atoms with E-state index in [-0.39, 0.29) is 45.9 Å². The molecule has 2 N–H and O–H groups in total. The lowest BCUT2D eigenvalue weighted by atomic mass is 10.0. The van der Waals surface area contributed by atoms with Crippen LogP contribution < -0.4 is 10.6 Å². The van der Waals surface area contributed by atoms with Gasteiger partial charge in [-0.05, 0) is 36.8 Å². The number of alkyl halides is 3. The largest absolute Gasteiger partial charge is 0.418 e. The van der Waals surface area contributed by atoms with E-state index in [2.05, 4.69) is 20.2 Å². The van der Waals surface area contributed by atoms with Crippen LogP contribution >= 0.6 is 0 Å². The second kappa shape index (κ2) is 8.89. The first kappa shape index (κ1) is 24.5. The average molecular weight is 536 g/mol. The Morgan fingerprint density at radius 1 is 1.05 bits per heavy atom. The molecular weight excluding hydrogens is 516 g/mol. The van der Waals surface area contributed by atoms with Crippen LogP contribution in [0.3, 0.4) is 0 Å². The van der Waals surface area contributed by atoms with Crippen LogP contribution in [0.4, 0.5) is 29.1 Å². The number of rotatable bonds is 4. The van der Waals surface area contributed by atoms with E-state index in [9.17, 15) is 22.4 Å². The van der Waals surface area contributed by atoms with Gasteiger partial charge in [-0.1, -0.05) is 12.1 Å². The van der Waals surface area contributed by atoms with Crippen molar-refractivity contribution in [3.8, 4) is 11.3 Å². The van der Waals surface area contributed by atoms with Gasteiger partial charge >= 0.3 is 6.18 Å². The van der Waals surface area contributed by atoms with Gasteiger partial charge < -0.3 is 10.6 Å². The Hall–Kier alpha value is -4.81. The fourth-order valence-electron chi connectivity index (χ4n) is 4.79. The molecule has 1 atom stereocenters. The average Bonchev–Trinajstić information content (AvgIpc) is 3.55. The molecule has 13 heteroatoms. The number of hydrogen-bond acceptors (Lipinski definition) is 6. The summed E-state index contributed by atoms with van der Waals surface area (Å²) in [6, 6.07) is 8.32. The molecule has 0 aliphatic carbocycles. The summed E-state index contributed by atoms with van der Waals surface area (Å²) in [6.07, 6.45) is 1.53. The molecule has 1 aromatic carbocycles. The van der Waals surface area contributed by atoms with Crippen molar-refractivity contribution in [3.63, 3.8) is 0 Å². The van der Waals surface area contributed by atoms with Crippen molar-refractivity contribution in [3.05, 3.63) is 89.5 Å². The van der Waals surface area contributed by atoms with E-state index < -0.39 is 11.7 Å². The standard InChI is InChI=1S/C26H20F4N8O/c1-14(15-2-4-17(27)5-3-15)37-12-18(11-34-37)36-7-6-21-19(25(36)39)8-16(10-32-21)22-9-20(26(28,29)30)23-24(31)33-13-35-38(22)23/h2-5,8-14H,6-7H2,1H3,(H2,31,33,35). The predicted molar refractivity (Wildman–Crippen MR) is 133 cm³/mol. The lowest BCUT2D eigenvalue weighted by Gasteiger charge is -2.27. The molecule has 1 aliphatic heterocycles. The molecule has 0 saturated carbocycles. The molecule has 0 fully saturated rings. The molecule has 0 saturated heterocycles. The smallest absolute Gasteiger partial charge is 0.382 e. The normalized spacial score (nSPS) is 14.6. The van der Waals surface area contributed by atoms with E-state index in [0.717, 1.165) is 22.5 Å². The molecule has 9 nitrogen and oxygen atoms in total. The summed E-state index contributed by atoms with van der Waals surface area (Å²) in [5.74, 6) is -1.01. The van der Waals surface area contributed by atoms with Gasteiger partial charge in [-0.2, -0.15) is 23.4 Å². The van der Waals surface area contributed by atoms with Gasteiger partial charge in [0.2, 0.25) is 0 Å². The highest BCUT2D eigenvalue weighted by Gasteiger charge is 2.37. The number of anilines is 2. The first-order valence-corrected chi connectivity index (χ1v) is 11.9. The second-order valence-corrected chi connectivity index (χ2v) is 9.18. The first-order valence-electron chi connectivity index (χ1n) is 11.9. The van der Waals surface area contributed by atoms with Gasteiger partial charge in [0.1, 0.15) is 17.7 Å². The van der Waals surface area contributed by atoms with E-state index >= 15 is 0 Å². The number of nitrogens with two attached hydrogens (primary N) is 1. The van der Waals surface area contributed by atoms with Gasteiger partial charge in [0.25, 0.3) is 5.91 Å². The van der Waals surface area contributed by atoms with Gasteiger partial charge in [0, 0.05) is 30.9 Å². The number of hydrogen-bond donors (Lipinski definition) is 1. The minimum atomic E-state index is -4.69. The van der Waals surface area contributed by atoms with E-state index in [1.807, 2.05) is 6.92 Å². The van der Waals surface area contributed by atoms with Gasteiger partial charge in [0.15, 0.2) is 5.82 Å². The summed E-state index contributed by atoms with van der Waals surface area (Å²) < 4.78 is 57.3. The van der Waals surface area contributed by atoms with Crippen molar-refractivity contribution in [1.82, 2.24) is 29.4 Å². The summed E-state index contributed by atoms with van der Waals surface area (Å²) >= 11 is 0. The van der Waals surface area contributed by atoms with Crippen LogP contribution in [0.2, 0.25) is 0 Å². The third-order valence-electron chi connectivity index (χ3n) is 6.85. The Morgan fingerprint density at radius 3 is 2.56 bits per heavy atom. The van der Waals surface area contributed by atoms with Crippen LogP contribution in [0.15, 0.2) is 61.3 Å². The molecule has 0 radical (unpaired) electrons. The maximum absolute atomic E-state index is 13.8. The number of pyridine rings is 1. The number of halogens is 4. The summed E-state index contributed by atoms with van der Waals surface area (Å²) in [4.78, 5) is 23.2. The number of aromatic nitrogens is 6. The zero-order valence-electron chi connectivity index (χ0n) is 20.4. The van der Waals surface area contributed by atoms with Crippen molar-refractivity contribution in [2.24, 2.45) is 0 Å². The third-order valence-corrected chi connectivity index (χ3v) is 6.85. The Kier molecular flexibility index (Phi) is 5.59. The topological polar surface area (TPSA) is 107 Å². The molecule has 5 aromatic rings. The lowest BCUT2D eigenvalue weighted by molar-refractivity contribution is -0.136. The van der Waals surface area contributed by atoms with Crippen LogP contribution in [-0.2, 0) is 12.6 Å².